The molecule has 1 aliphatic carbocycles. The van der Waals surface area contributed by atoms with Crippen molar-refractivity contribution in [3.63, 3.8) is 0 Å². The summed E-state index contributed by atoms with van der Waals surface area (Å²) < 4.78 is 0. The highest BCUT2D eigenvalue weighted by molar-refractivity contribution is 6.37. The van der Waals surface area contributed by atoms with E-state index in [1.165, 1.54) is 25.7 Å². The van der Waals surface area contributed by atoms with Crippen molar-refractivity contribution in [2.75, 3.05) is 16.9 Å². The molecule has 1 aliphatic rings. The van der Waals surface area contributed by atoms with Crippen LogP contribution in [0.1, 0.15) is 39.5 Å². The lowest BCUT2D eigenvalue weighted by Crippen LogP contribution is -2.37. The normalized spacial score (nSPS) is 15.9. The second-order valence-corrected chi connectivity index (χ2v) is 6.57. The average molecular weight is 317 g/mol. The standard InChI is InChI=1S/C14H22Cl2N4/c1-9(2)8-20(10-5-3-4-6-10)14-12(16)7-11(15)13(18-14)19-17/h7,9-10H,3-6,8,17H2,1-2H3,(H,18,19). The Balaban J connectivity index is 2.36. The van der Waals surface area contributed by atoms with Crippen molar-refractivity contribution in [3.05, 3.63) is 16.1 Å². The van der Waals surface area contributed by atoms with Crippen molar-refractivity contribution in [2.45, 2.75) is 45.6 Å². The molecule has 0 atom stereocenters. The summed E-state index contributed by atoms with van der Waals surface area (Å²) in [7, 11) is 0. The molecule has 0 unspecified atom stereocenters. The monoisotopic (exact) mass is 316 g/mol. The molecule has 0 aromatic carbocycles. The zero-order valence-corrected chi connectivity index (χ0v) is 13.5. The number of pyridine rings is 1. The fourth-order valence-corrected chi connectivity index (χ4v) is 3.30. The molecule has 1 heterocycles. The molecule has 1 aromatic rings. The van der Waals surface area contributed by atoms with Gasteiger partial charge in [-0.05, 0) is 24.8 Å². The van der Waals surface area contributed by atoms with E-state index >= 15 is 0 Å². The number of rotatable bonds is 5. The summed E-state index contributed by atoms with van der Waals surface area (Å²) in [6, 6.07) is 2.22. The van der Waals surface area contributed by atoms with E-state index in [1.54, 1.807) is 6.07 Å². The summed E-state index contributed by atoms with van der Waals surface area (Å²) in [4.78, 5) is 6.83. The van der Waals surface area contributed by atoms with Crippen LogP contribution in [0.2, 0.25) is 10.0 Å². The van der Waals surface area contributed by atoms with Gasteiger partial charge < -0.3 is 10.3 Å². The van der Waals surface area contributed by atoms with Gasteiger partial charge in [-0.2, -0.15) is 0 Å². The molecule has 0 saturated heterocycles. The number of nitrogen functional groups attached to an aromatic ring is 1. The van der Waals surface area contributed by atoms with Gasteiger partial charge >= 0.3 is 0 Å². The van der Waals surface area contributed by atoms with Gasteiger partial charge in [0.15, 0.2) is 5.82 Å². The first-order valence-electron chi connectivity index (χ1n) is 7.12. The first-order valence-corrected chi connectivity index (χ1v) is 7.87. The quantitative estimate of drug-likeness (QED) is 0.635. The molecular weight excluding hydrogens is 295 g/mol. The first-order chi connectivity index (χ1) is 9.52. The summed E-state index contributed by atoms with van der Waals surface area (Å²) >= 11 is 12.4. The number of hydrogen-bond donors (Lipinski definition) is 2. The lowest BCUT2D eigenvalue weighted by molar-refractivity contribution is 0.531. The minimum atomic E-state index is 0.442. The van der Waals surface area contributed by atoms with Gasteiger partial charge in [0.25, 0.3) is 0 Å². The van der Waals surface area contributed by atoms with Crippen LogP contribution < -0.4 is 16.2 Å². The molecule has 1 fully saturated rings. The number of hydrazine groups is 1. The van der Waals surface area contributed by atoms with E-state index in [4.69, 9.17) is 29.0 Å². The van der Waals surface area contributed by atoms with Crippen molar-refractivity contribution in [1.29, 1.82) is 0 Å². The topological polar surface area (TPSA) is 54.2 Å². The van der Waals surface area contributed by atoms with Crippen molar-refractivity contribution < 1.29 is 0 Å². The molecule has 20 heavy (non-hydrogen) atoms. The first kappa shape index (κ1) is 15.7. The molecular formula is C14H22Cl2N4. The molecule has 1 aromatic heterocycles. The molecule has 1 saturated carbocycles. The number of anilines is 2. The van der Waals surface area contributed by atoms with Gasteiger partial charge in [-0.25, -0.2) is 10.8 Å². The molecule has 3 N–H and O–H groups in total. The number of halogens is 2. The van der Waals surface area contributed by atoms with Gasteiger partial charge in [-0.1, -0.05) is 49.9 Å². The Bertz CT molecular complexity index is 459. The molecule has 0 bridgehead atoms. The van der Waals surface area contributed by atoms with Crippen molar-refractivity contribution in [1.82, 2.24) is 4.98 Å². The second kappa shape index (κ2) is 6.83. The van der Waals surface area contributed by atoms with Crippen LogP contribution in [0, 0.1) is 5.92 Å². The Morgan fingerprint density at radius 3 is 2.55 bits per heavy atom. The van der Waals surface area contributed by atoms with Crippen LogP contribution in [-0.4, -0.2) is 17.6 Å². The Morgan fingerprint density at radius 2 is 2.00 bits per heavy atom. The maximum absolute atomic E-state index is 6.36. The summed E-state index contributed by atoms with van der Waals surface area (Å²) in [6.45, 7) is 5.34. The number of hydrogen-bond acceptors (Lipinski definition) is 4. The van der Waals surface area contributed by atoms with Gasteiger partial charge in [0.05, 0.1) is 10.0 Å². The third kappa shape index (κ3) is 3.48. The second-order valence-electron chi connectivity index (χ2n) is 5.75. The zero-order valence-electron chi connectivity index (χ0n) is 12.0. The molecule has 6 heteroatoms. The highest BCUT2D eigenvalue weighted by atomic mass is 35.5. The number of aromatic nitrogens is 1. The SMILES string of the molecule is CC(C)CN(c1nc(NN)c(Cl)cc1Cl)C1CCCC1. The maximum Gasteiger partial charge on any atom is 0.161 e. The third-order valence-electron chi connectivity index (χ3n) is 3.65. The zero-order chi connectivity index (χ0) is 14.7. The van der Waals surface area contributed by atoms with Gasteiger partial charge in [-0.3, -0.25) is 0 Å². The van der Waals surface area contributed by atoms with Gasteiger partial charge in [0.1, 0.15) is 5.82 Å². The fraction of sp³-hybridized carbons (Fsp3) is 0.643. The van der Waals surface area contributed by atoms with Gasteiger partial charge in [-0.15, -0.1) is 0 Å². The maximum atomic E-state index is 6.36. The van der Waals surface area contributed by atoms with Crippen LogP contribution in [0.25, 0.3) is 0 Å². The van der Waals surface area contributed by atoms with Crippen LogP contribution in [-0.2, 0) is 0 Å². The van der Waals surface area contributed by atoms with Crippen molar-refractivity contribution >= 4 is 34.8 Å². The smallest absolute Gasteiger partial charge is 0.161 e. The Labute approximate surface area is 130 Å². The van der Waals surface area contributed by atoms with E-state index in [-0.39, 0.29) is 0 Å². The largest absolute Gasteiger partial charge is 0.352 e. The third-order valence-corrected chi connectivity index (χ3v) is 4.21. The summed E-state index contributed by atoms with van der Waals surface area (Å²) in [5, 5.41) is 1.03. The van der Waals surface area contributed by atoms with Crippen LogP contribution in [0.4, 0.5) is 11.6 Å². The van der Waals surface area contributed by atoms with Crippen LogP contribution in [0.3, 0.4) is 0 Å². The van der Waals surface area contributed by atoms with Crippen molar-refractivity contribution in [3.8, 4) is 0 Å². The molecule has 0 amide bonds. The Morgan fingerprint density at radius 1 is 1.35 bits per heavy atom. The Kier molecular flexibility index (Phi) is 5.35. The molecule has 2 rings (SSSR count). The van der Waals surface area contributed by atoms with Crippen LogP contribution in [0.5, 0.6) is 0 Å². The molecule has 4 nitrogen and oxygen atoms in total. The minimum absolute atomic E-state index is 0.442. The summed E-state index contributed by atoms with van der Waals surface area (Å²) in [5.41, 5.74) is 2.53. The summed E-state index contributed by atoms with van der Waals surface area (Å²) in [5.74, 6) is 7.26. The van der Waals surface area contributed by atoms with Crippen molar-refractivity contribution in [2.24, 2.45) is 11.8 Å². The highest BCUT2D eigenvalue weighted by Crippen LogP contribution is 2.35. The van der Waals surface area contributed by atoms with E-state index < -0.39 is 0 Å². The molecule has 0 radical (unpaired) electrons. The minimum Gasteiger partial charge on any atom is -0.352 e. The Hall–Kier alpha value is -0.710. The lowest BCUT2D eigenvalue weighted by atomic mass is 10.1. The summed E-state index contributed by atoms with van der Waals surface area (Å²) in [6.07, 6.45) is 4.93. The number of nitrogens with two attached hydrogens (primary N) is 1. The number of nitrogens with zero attached hydrogens (tertiary/aromatic N) is 2. The van der Waals surface area contributed by atoms with Gasteiger partial charge in [0.2, 0.25) is 0 Å². The molecule has 0 spiro atoms. The number of nitrogens with one attached hydrogen (secondary N) is 1. The van der Waals surface area contributed by atoms with Crippen LogP contribution >= 0.6 is 23.2 Å². The van der Waals surface area contributed by atoms with Crippen LogP contribution in [0.15, 0.2) is 6.07 Å². The molecule has 0 aliphatic heterocycles. The highest BCUT2D eigenvalue weighted by Gasteiger charge is 2.26. The fourth-order valence-electron chi connectivity index (χ4n) is 2.78. The van der Waals surface area contributed by atoms with E-state index in [1.807, 2.05) is 0 Å². The van der Waals surface area contributed by atoms with Gasteiger partial charge in [0, 0.05) is 12.6 Å². The predicted molar refractivity (Wildman–Crippen MR) is 86.5 cm³/mol. The van der Waals surface area contributed by atoms with E-state index in [0.29, 0.717) is 27.8 Å². The van der Waals surface area contributed by atoms with E-state index in [2.05, 4.69) is 29.2 Å². The van der Waals surface area contributed by atoms with E-state index in [0.717, 1.165) is 12.4 Å². The lowest BCUT2D eigenvalue weighted by Gasteiger charge is -2.32. The molecule has 112 valence electrons. The van der Waals surface area contributed by atoms with E-state index in [9.17, 15) is 0 Å². The predicted octanol–water partition coefficient (Wildman–Crippen LogP) is 4.08. The average Bonchev–Trinajstić information content (AvgIpc) is 2.90.